The quantitative estimate of drug-likeness (QED) is 0.900. The molecule has 0 spiro atoms. The Labute approximate surface area is 116 Å². The van der Waals surface area contributed by atoms with Gasteiger partial charge in [0.05, 0.1) is 0 Å². The molecule has 2 fully saturated rings. The lowest BCUT2D eigenvalue weighted by atomic mass is 9.99. The number of phenols is 1. The van der Waals surface area contributed by atoms with Crippen LogP contribution in [0.1, 0.15) is 24.4 Å². The Morgan fingerprint density at radius 2 is 2.00 bits per heavy atom. The monoisotopic (exact) mass is 310 g/mol. The minimum Gasteiger partial charge on any atom is -0.508 e. The van der Waals surface area contributed by atoms with Crippen LogP contribution in [0, 0.1) is 5.92 Å². The number of hydrogen-bond donors (Lipinski definition) is 2. The second-order valence-electron chi connectivity index (χ2n) is 5.27. The van der Waals surface area contributed by atoms with Gasteiger partial charge < -0.3 is 10.4 Å². The molecule has 1 aromatic rings. The first kappa shape index (κ1) is 12.5. The summed E-state index contributed by atoms with van der Waals surface area (Å²) in [5.74, 6) is 1.13. The van der Waals surface area contributed by atoms with E-state index in [1.54, 1.807) is 6.07 Å². The van der Waals surface area contributed by atoms with Crippen molar-refractivity contribution in [1.82, 2.24) is 10.2 Å². The standard InChI is InChI=1S/C14H19BrN2O/c15-13-4-3-11(18)9-12(13)14(10-1-2-10)17-7-5-16-6-8-17/h3-4,9-10,14,16,18H,1-2,5-8H2/t14-/m0/s1. The van der Waals surface area contributed by atoms with Crippen molar-refractivity contribution < 1.29 is 5.11 Å². The number of aromatic hydroxyl groups is 1. The first-order valence-corrected chi connectivity index (χ1v) is 7.48. The molecule has 0 amide bonds. The van der Waals surface area contributed by atoms with Crippen molar-refractivity contribution in [2.24, 2.45) is 5.92 Å². The van der Waals surface area contributed by atoms with Gasteiger partial charge in [-0.1, -0.05) is 15.9 Å². The highest BCUT2D eigenvalue weighted by molar-refractivity contribution is 9.10. The van der Waals surface area contributed by atoms with Gasteiger partial charge in [-0.25, -0.2) is 0 Å². The molecule has 0 radical (unpaired) electrons. The zero-order valence-corrected chi connectivity index (χ0v) is 12.0. The highest BCUT2D eigenvalue weighted by Gasteiger charge is 2.37. The molecule has 1 saturated carbocycles. The fourth-order valence-electron chi connectivity index (χ4n) is 2.88. The Balaban J connectivity index is 1.90. The Kier molecular flexibility index (Phi) is 3.59. The Bertz CT molecular complexity index is 428. The molecule has 1 atom stereocenters. The molecule has 1 saturated heterocycles. The van der Waals surface area contributed by atoms with Gasteiger partial charge >= 0.3 is 0 Å². The third kappa shape index (κ3) is 2.56. The van der Waals surface area contributed by atoms with Crippen LogP contribution in [0.15, 0.2) is 22.7 Å². The Hall–Kier alpha value is -0.580. The third-order valence-corrected chi connectivity index (χ3v) is 4.63. The van der Waals surface area contributed by atoms with Gasteiger partial charge in [-0.05, 0) is 42.5 Å². The number of benzene rings is 1. The predicted octanol–water partition coefficient (Wildman–Crippen LogP) is 2.51. The normalized spacial score (nSPS) is 22.9. The van der Waals surface area contributed by atoms with Crippen LogP contribution < -0.4 is 5.32 Å². The number of rotatable bonds is 3. The summed E-state index contributed by atoms with van der Waals surface area (Å²) < 4.78 is 1.12. The molecular weight excluding hydrogens is 292 g/mol. The molecule has 4 heteroatoms. The smallest absolute Gasteiger partial charge is 0.115 e. The SMILES string of the molecule is Oc1ccc(Br)c([C@H](C2CC2)N2CCNCC2)c1. The number of nitrogens with zero attached hydrogens (tertiary/aromatic N) is 1. The zero-order valence-electron chi connectivity index (χ0n) is 10.4. The molecule has 0 unspecified atom stereocenters. The Morgan fingerprint density at radius 1 is 1.28 bits per heavy atom. The second kappa shape index (κ2) is 5.19. The predicted molar refractivity (Wildman–Crippen MR) is 75.7 cm³/mol. The van der Waals surface area contributed by atoms with E-state index in [1.807, 2.05) is 12.1 Å². The maximum atomic E-state index is 9.74. The van der Waals surface area contributed by atoms with Crippen LogP contribution in [0.2, 0.25) is 0 Å². The third-order valence-electron chi connectivity index (χ3n) is 3.91. The maximum absolute atomic E-state index is 9.74. The van der Waals surface area contributed by atoms with Crippen LogP contribution in [-0.2, 0) is 0 Å². The van der Waals surface area contributed by atoms with Gasteiger partial charge in [0.2, 0.25) is 0 Å². The van der Waals surface area contributed by atoms with E-state index in [0.29, 0.717) is 11.8 Å². The van der Waals surface area contributed by atoms with Crippen molar-refractivity contribution in [2.75, 3.05) is 26.2 Å². The first-order chi connectivity index (χ1) is 8.75. The molecule has 0 bridgehead atoms. The maximum Gasteiger partial charge on any atom is 0.115 e. The summed E-state index contributed by atoms with van der Waals surface area (Å²) in [5.41, 5.74) is 1.25. The van der Waals surface area contributed by atoms with E-state index in [1.165, 1.54) is 18.4 Å². The largest absolute Gasteiger partial charge is 0.508 e. The van der Waals surface area contributed by atoms with Crippen molar-refractivity contribution in [1.29, 1.82) is 0 Å². The minimum atomic E-state index is 0.369. The van der Waals surface area contributed by atoms with Gasteiger partial charge in [0.1, 0.15) is 5.75 Å². The fraction of sp³-hybridized carbons (Fsp3) is 0.571. The molecule has 18 heavy (non-hydrogen) atoms. The Morgan fingerprint density at radius 3 is 2.67 bits per heavy atom. The summed E-state index contributed by atoms with van der Waals surface area (Å²) in [7, 11) is 0. The molecule has 2 aliphatic rings. The van der Waals surface area contributed by atoms with Gasteiger partial charge in [-0.15, -0.1) is 0 Å². The van der Waals surface area contributed by atoms with E-state index in [2.05, 4.69) is 26.1 Å². The van der Waals surface area contributed by atoms with Crippen LogP contribution >= 0.6 is 15.9 Å². The zero-order chi connectivity index (χ0) is 12.5. The number of phenolic OH excluding ortho intramolecular Hbond substituents is 1. The summed E-state index contributed by atoms with van der Waals surface area (Å²) >= 11 is 3.64. The van der Waals surface area contributed by atoms with Gasteiger partial charge in [0, 0.05) is 36.7 Å². The lowest BCUT2D eigenvalue weighted by Crippen LogP contribution is -2.45. The van der Waals surface area contributed by atoms with Crippen molar-refractivity contribution >= 4 is 15.9 Å². The fourth-order valence-corrected chi connectivity index (χ4v) is 3.36. The lowest BCUT2D eigenvalue weighted by molar-refractivity contribution is 0.155. The summed E-state index contributed by atoms with van der Waals surface area (Å²) in [4.78, 5) is 2.56. The number of halogens is 1. The molecule has 2 N–H and O–H groups in total. The van der Waals surface area contributed by atoms with Gasteiger partial charge in [-0.2, -0.15) is 0 Å². The van der Waals surface area contributed by atoms with E-state index in [0.717, 1.165) is 36.6 Å². The summed E-state index contributed by atoms with van der Waals surface area (Å²) in [6.07, 6.45) is 2.63. The van der Waals surface area contributed by atoms with Crippen LogP contribution in [-0.4, -0.2) is 36.2 Å². The molecule has 3 rings (SSSR count). The lowest BCUT2D eigenvalue weighted by Gasteiger charge is -2.36. The van der Waals surface area contributed by atoms with E-state index in [9.17, 15) is 5.11 Å². The van der Waals surface area contributed by atoms with Crippen molar-refractivity contribution in [3.63, 3.8) is 0 Å². The molecule has 1 heterocycles. The number of nitrogens with one attached hydrogen (secondary N) is 1. The summed E-state index contributed by atoms with van der Waals surface area (Å²) in [6.45, 7) is 4.34. The van der Waals surface area contributed by atoms with Crippen LogP contribution in [0.4, 0.5) is 0 Å². The topological polar surface area (TPSA) is 35.5 Å². The van der Waals surface area contributed by atoms with Gasteiger partial charge in [-0.3, -0.25) is 4.90 Å². The first-order valence-electron chi connectivity index (χ1n) is 6.69. The molecule has 0 aromatic heterocycles. The molecule has 1 aliphatic carbocycles. The molecule has 1 aromatic carbocycles. The number of piperazine rings is 1. The van der Waals surface area contributed by atoms with Crippen molar-refractivity contribution in [3.8, 4) is 5.75 Å². The van der Waals surface area contributed by atoms with Crippen LogP contribution in [0.5, 0.6) is 5.75 Å². The minimum absolute atomic E-state index is 0.369. The molecule has 1 aliphatic heterocycles. The van der Waals surface area contributed by atoms with E-state index >= 15 is 0 Å². The van der Waals surface area contributed by atoms with Crippen LogP contribution in [0.3, 0.4) is 0 Å². The molecule has 98 valence electrons. The van der Waals surface area contributed by atoms with E-state index < -0.39 is 0 Å². The summed E-state index contributed by atoms with van der Waals surface area (Å²) in [6, 6.07) is 6.10. The summed E-state index contributed by atoms with van der Waals surface area (Å²) in [5, 5.41) is 13.1. The highest BCUT2D eigenvalue weighted by Crippen LogP contribution is 2.47. The molecule has 3 nitrogen and oxygen atoms in total. The van der Waals surface area contributed by atoms with Crippen LogP contribution in [0.25, 0.3) is 0 Å². The number of hydrogen-bond acceptors (Lipinski definition) is 3. The average molecular weight is 311 g/mol. The van der Waals surface area contributed by atoms with E-state index in [-0.39, 0.29) is 0 Å². The van der Waals surface area contributed by atoms with E-state index in [4.69, 9.17) is 0 Å². The molecular formula is C14H19BrN2O. The van der Waals surface area contributed by atoms with Gasteiger partial charge in [0.15, 0.2) is 0 Å². The second-order valence-corrected chi connectivity index (χ2v) is 6.13. The van der Waals surface area contributed by atoms with Gasteiger partial charge in [0.25, 0.3) is 0 Å². The average Bonchev–Trinajstić information content (AvgIpc) is 3.20. The van der Waals surface area contributed by atoms with Crippen molar-refractivity contribution in [2.45, 2.75) is 18.9 Å². The highest BCUT2D eigenvalue weighted by atomic mass is 79.9. The van der Waals surface area contributed by atoms with Crippen molar-refractivity contribution in [3.05, 3.63) is 28.2 Å².